The van der Waals surface area contributed by atoms with Crippen molar-refractivity contribution in [2.45, 2.75) is 237 Å². The van der Waals surface area contributed by atoms with Crippen LogP contribution in [0.2, 0.25) is 0 Å². The molecule has 33 heteroatoms. The Bertz CT molecular complexity index is 4240. The van der Waals surface area contributed by atoms with Gasteiger partial charge in [-0.1, -0.05) is 171 Å². The van der Waals surface area contributed by atoms with Crippen LogP contribution >= 0.6 is 0 Å². The molecule has 119 heavy (non-hydrogen) atoms. The Morgan fingerprint density at radius 2 is 0.899 bits per heavy atom. The second-order valence-electron chi connectivity index (χ2n) is 32.3. The fraction of sp³-hybridized carbons (Fsp3) is 0.535. The highest BCUT2D eigenvalue weighted by Gasteiger charge is 2.44. The molecule has 2 aliphatic rings. The molecule has 33 nitrogen and oxygen atoms in total. The zero-order valence-electron chi connectivity index (χ0n) is 69.7. The summed E-state index contributed by atoms with van der Waals surface area (Å²) in [7, 11) is 0. The van der Waals surface area contributed by atoms with E-state index in [1.54, 1.807) is 87.6 Å². The lowest BCUT2D eigenvalue weighted by molar-refractivity contribution is -0.143. The molecule has 1 aromatic heterocycles. The molecule has 2 fully saturated rings. The number of carbonyl (C=O) groups is 13. The SMILES string of the molecule is CC[C@H](C)[C@H](NC(=O)[C@H](CCCN=C(N)N)NC(=O)[C@@H]1CCCN1C(=O)[C@H](CC(C)C)NC(=O)[C@H](Cc1ccccc1)NC(=O)[C@H](CCCCN)NC(=O)[C@H](CO)NC(=O)[C@H](Cc1ccccc1)NC(=O)[C@H](Cc1c[nH]c2ccccc12)NC(=O)[C@@H]1CCCN1C(=O)[C@@H](NC(=O)[C@@H](N)Cc1ccccc1)C(C)C)C(=O)N[C@@H](CC(C)C)C(N)=O. The molecule has 13 amide bonds. The van der Waals surface area contributed by atoms with Crippen molar-refractivity contribution in [2.75, 3.05) is 32.8 Å². The lowest BCUT2D eigenvalue weighted by atomic mass is 9.96. The first-order valence-corrected chi connectivity index (χ1v) is 41.5. The number of nitrogens with one attached hydrogen (secondary N) is 11. The number of aliphatic hydroxyl groups is 1. The number of benzene rings is 4. The summed E-state index contributed by atoms with van der Waals surface area (Å²) in [6, 6.07) is 17.3. The van der Waals surface area contributed by atoms with E-state index in [1.165, 1.54) is 9.80 Å². The normalized spacial score (nSPS) is 17.0. The van der Waals surface area contributed by atoms with E-state index in [-0.39, 0.29) is 121 Å². The third-order valence-corrected chi connectivity index (χ3v) is 21.6. The van der Waals surface area contributed by atoms with E-state index < -0.39 is 174 Å². The average Bonchev–Trinajstić information content (AvgIpc) is 1.71. The van der Waals surface area contributed by atoms with Gasteiger partial charge in [-0.25, -0.2) is 0 Å². The van der Waals surface area contributed by atoms with Crippen molar-refractivity contribution in [1.29, 1.82) is 0 Å². The quantitative estimate of drug-likeness (QED) is 0.0147. The monoisotopic (exact) mass is 1650 g/mol. The number of fused-ring (bicyclic) bond motifs is 1. The van der Waals surface area contributed by atoms with Gasteiger partial charge in [-0.15, -0.1) is 0 Å². The van der Waals surface area contributed by atoms with E-state index in [0.717, 1.165) is 16.5 Å². The highest BCUT2D eigenvalue weighted by atomic mass is 16.3. The van der Waals surface area contributed by atoms with Crippen molar-refractivity contribution in [3.8, 4) is 0 Å². The Hall–Kier alpha value is -11.3. The van der Waals surface area contributed by atoms with E-state index in [4.69, 9.17) is 28.7 Å². The Morgan fingerprint density at radius 3 is 1.41 bits per heavy atom. The number of para-hydroxylation sites is 1. The third-order valence-electron chi connectivity index (χ3n) is 21.6. The first kappa shape index (κ1) is 94.8. The van der Waals surface area contributed by atoms with Crippen molar-refractivity contribution >= 4 is 93.7 Å². The summed E-state index contributed by atoms with van der Waals surface area (Å²) in [6.45, 7) is 14.0. The molecule has 0 unspecified atom stereocenters. The summed E-state index contributed by atoms with van der Waals surface area (Å²) in [5.74, 6) is -11.0. The molecule has 0 radical (unpaired) electrons. The standard InChI is InChI=1S/C86H125N19O14/c1-9-53(8)72(83(117)96-63(73(89)107)42-50(2)3)103-76(110)62(35-23-39-92-86(90)91)95-81(115)69-36-24-40-104(69)84(118)67(43-51(4)5)100-77(111)64(45-55-28-15-11-16-29-55)97-75(109)61(34-21-22-38-87)94-80(114)68(49-106)101-78(112)65(46-56-30-17-12-18-31-56)98-79(113)66(47-57-48-93-60-33-20-19-32-58(57)60)99-82(116)70-37-25-41-105(70)85(119)71(52(6)7)102-74(108)59(88)44-54-26-13-10-14-27-54/h10-20,26-33,48,50-53,59,61-72,93,106H,9,21-25,34-47,49,87-88H2,1-8H3,(H2,89,107)(H,94,114)(H,95,115)(H,96,117)(H,97,109)(H,98,113)(H,99,116)(H,100,111)(H,101,112)(H,102,108)(H,103,110)(H4,90,91,92)/t53-,59-,61-,62-,63-,64-,65-,66-,67-,68-,69-,70-,71-,72-/m0/s1. The second-order valence-corrected chi connectivity index (χ2v) is 32.3. The maximum atomic E-state index is 15.2. The van der Waals surface area contributed by atoms with Gasteiger partial charge in [0, 0.05) is 56.0 Å². The summed E-state index contributed by atoms with van der Waals surface area (Å²) < 4.78 is 0. The number of aromatic nitrogens is 1. The second kappa shape index (κ2) is 47.3. The highest BCUT2D eigenvalue weighted by Crippen LogP contribution is 2.26. The van der Waals surface area contributed by atoms with Crippen LogP contribution in [0.5, 0.6) is 0 Å². The number of nitrogens with two attached hydrogens (primary N) is 5. The number of carbonyl (C=O) groups excluding carboxylic acids is 13. The van der Waals surface area contributed by atoms with Gasteiger partial charge < -0.3 is 102 Å². The predicted octanol–water partition coefficient (Wildman–Crippen LogP) is 1.05. The number of guanidine groups is 1. The predicted molar refractivity (Wildman–Crippen MR) is 451 cm³/mol. The topological polar surface area (TPSA) is 527 Å². The fourth-order valence-electron chi connectivity index (χ4n) is 14.8. The van der Waals surface area contributed by atoms with Gasteiger partial charge in [-0.05, 0) is 136 Å². The number of unbranched alkanes of at least 4 members (excludes halogenated alkanes) is 1. The summed E-state index contributed by atoms with van der Waals surface area (Å²) in [5, 5.41) is 39.6. The van der Waals surface area contributed by atoms with E-state index in [0.29, 0.717) is 42.4 Å². The van der Waals surface area contributed by atoms with Crippen LogP contribution in [0.15, 0.2) is 126 Å². The number of nitrogens with zero attached hydrogens (tertiary/aromatic N) is 3. The van der Waals surface area contributed by atoms with Crippen molar-refractivity contribution < 1.29 is 67.4 Å². The largest absolute Gasteiger partial charge is 0.394 e. The fourth-order valence-corrected chi connectivity index (χ4v) is 14.8. The third kappa shape index (κ3) is 29.0. The number of amides is 13. The summed E-state index contributed by atoms with van der Waals surface area (Å²) >= 11 is 0. The molecular formula is C86H125N19O14. The molecule has 14 atom stereocenters. The first-order chi connectivity index (χ1) is 56.8. The molecule has 0 bridgehead atoms. The van der Waals surface area contributed by atoms with Gasteiger partial charge >= 0.3 is 0 Å². The van der Waals surface area contributed by atoms with Crippen molar-refractivity contribution in [3.63, 3.8) is 0 Å². The van der Waals surface area contributed by atoms with Crippen molar-refractivity contribution in [2.24, 2.45) is 57.3 Å². The molecule has 4 aromatic carbocycles. The number of aliphatic imine (C=N–C) groups is 1. The van der Waals surface area contributed by atoms with Gasteiger partial charge in [-0.2, -0.15) is 0 Å². The van der Waals surface area contributed by atoms with Crippen LogP contribution in [0.3, 0.4) is 0 Å². The molecule has 22 N–H and O–H groups in total. The van der Waals surface area contributed by atoms with Gasteiger partial charge in [0.2, 0.25) is 76.8 Å². The molecule has 0 aliphatic carbocycles. The van der Waals surface area contributed by atoms with Crippen LogP contribution in [0.25, 0.3) is 10.9 Å². The van der Waals surface area contributed by atoms with Crippen LogP contribution in [0, 0.1) is 23.7 Å². The molecule has 2 saturated heterocycles. The molecule has 3 heterocycles. The number of likely N-dealkylation sites (tertiary alicyclic amines) is 2. The van der Waals surface area contributed by atoms with Gasteiger partial charge in [0.25, 0.3) is 0 Å². The molecule has 5 aromatic rings. The van der Waals surface area contributed by atoms with E-state index in [2.05, 4.69) is 63.1 Å². The summed E-state index contributed by atoms with van der Waals surface area (Å²) in [5.41, 5.74) is 32.5. The Balaban J connectivity index is 1.09. The highest BCUT2D eigenvalue weighted by molar-refractivity contribution is 6.01. The molecular weight excluding hydrogens is 1520 g/mol. The van der Waals surface area contributed by atoms with Crippen LogP contribution in [-0.4, -0.2) is 214 Å². The minimum Gasteiger partial charge on any atom is -0.394 e. The number of hydrogen-bond donors (Lipinski definition) is 17. The van der Waals surface area contributed by atoms with E-state index in [1.807, 2.05) is 89.2 Å². The zero-order chi connectivity index (χ0) is 87.0. The number of aliphatic hydroxyl groups excluding tert-OH is 1. The summed E-state index contributed by atoms with van der Waals surface area (Å²) in [6.07, 6.45) is 4.18. The number of H-pyrrole nitrogens is 1. The van der Waals surface area contributed by atoms with Crippen LogP contribution < -0.4 is 81.8 Å². The minimum atomic E-state index is -1.77. The Labute approximate surface area is 696 Å². The van der Waals surface area contributed by atoms with Gasteiger partial charge in [0.1, 0.15) is 72.5 Å². The minimum absolute atomic E-state index is 0.0118. The molecule has 0 spiro atoms. The lowest BCUT2D eigenvalue weighted by Gasteiger charge is -2.32. The molecule has 0 saturated carbocycles. The number of aromatic amines is 1. The summed E-state index contributed by atoms with van der Waals surface area (Å²) in [4.78, 5) is 198. The van der Waals surface area contributed by atoms with Gasteiger partial charge in [0.15, 0.2) is 5.96 Å². The maximum Gasteiger partial charge on any atom is 0.246 e. The van der Waals surface area contributed by atoms with Gasteiger partial charge in [-0.3, -0.25) is 67.3 Å². The van der Waals surface area contributed by atoms with Crippen molar-refractivity contribution in [1.82, 2.24) is 68.0 Å². The van der Waals surface area contributed by atoms with Crippen LogP contribution in [-0.2, 0) is 88.0 Å². The molecule has 648 valence electrons. The lowest BCUT2D eigenvalue weighted by Crippen LogP contribution is -2.62. The number of primary amides is 1. The zero-order valence-corrected chi connectivity index (χ0v) is 69.7. The molecule has 7 rings (SSSR count). The van der Waals surface area contributed by atoms with E-state index in [9.17, 15) is 53.1 Å². The maximum absolute atomic E-state index is 15.2. The molecule has 2 aliphatic heterocycles. The van der Waals surface area contributed by atoms with E-state index >= 15 is 14.4 Å². The first-order valence-electron chi connectivity index (χ1n) is 41.5. The van der Waals surface area contributed by atoms with Crippen LogP contribution in [0.1, 0.15) is 155 Å². The number of hydrogen-bond acceptors (Lipinski definition) is 17. The smallest absolute Gasteiger partial charge is 0.246 e. The van der Waals surface area contributed by atoms with Crippen LogP contribution in [0.4, 0.5) is 0 Å². The Morgan fingerprint density at radius 1 is 0.471 bits per heavy atom. The Kier molecular flexibility index (Phi) is 37.7. The number of rotatable bonds is 47. The van der Waals surface area contributed by atoms with Crippen molar-refractivity contribution in [3.05, 3.63) is 144 Å². The van der Waals surface area contributed by atoms with Gasteiger partial charge in [0.05, 0.1) is 12.6 Å². The average molecular weight is 1650 g/mol.